The van der Waals surface area contributed by atoms with Crippen LogP contribution >= 0.6 is 0 Å². The van der Waals surface area contributed by atoms with Crippen LogP contribution in [-0.4, -0.2) is 63.8 Å². The molecule has 0 spiro atoms. The molecule has 1 heterocycles. The number of aldehydes is 1. The quantitative estimate of drug-likeness (QED) is 0.434. The molecule has 0 radical (unpaired) electrons. The van der Waals surface area contributed by atoms with Gasteiger partial charge in [0.1, 0.15) is 24.6 Å². The monoisotopic (exact) mass is 307 g/mol. The summed E-state index contributed by atoms with van der Waals surface area (Å²) in [6, 6.07) is 0. The van der Waals surface area contributed by atoms with E-state index in [0.717, 1.165) is 0 Å². The molecule has 21 heavy (non-hydrogen) atoms. The van der Waals surface area contributed by atoms with Crippen LogP contribution in [0.4, 0.5) is 0 Å². The first-order chi connectivity index (χ1) is 9.81. The minimum Gasteiger partial charge on any atom is -0.403 e. The number of carbonyl (C=O) groups is 1. The van der Waals surface area contributed by atoms with Gasteiger partial charge in [-0.2, -0.15) is 0 Å². The molecule has 0 saturated carbocycles. The molecule has 0 aromatic heterocycles. The summed E-state index contributed by atoms with van der Waals surface area (Å²) in [6.45, 7) is 8.49. The lowest BCUT2D eigenvalue weighted by atomic mass is 9.96. The van der Waals surface area contributed by atoms with Crippen LogP contribution in [0.25, 0.3) is 0 Å². The molecule has 0 aromatic carbocycles. The largest absolute Gasteiger partial charge is 0.403 e. The molecular formula is C14H29NO6. The fourth-order valence-electron chi connectivity index (χ4n) is 1.63. The van der Waals surface area contributed by atoms with Crippen molar-refractivity contribution < 1.29 is 30.0 Å². The highest BCUT2D eigenvalue weighted by Gasteiger charge is 2.35. The average molecular weight is 307 g/mol. The van der Waals surface area contributed by atoms with Crippen LogP contribution in [0.5, 0.6) is 0 Å². The van der Waals surface area contributed by atoms with Gasteiger partial charge in [-0.25, -0.2) is 0 Å². The van der Waals surface area contributed by atoms with Gasteiger partial charge >= 0.3 is 0 Å². The molecule has 0 bridgehead atoms. The first-order valence-electron chi connectivity index (χ1n) is 6.98. The summed E-state index contributed by atoms with van der Waals surface area (Å²) in [4.78, 5) is 10.5. The predicted molar refractivity (Wildman–Crippen MR) is 79.4 cm³/mol. The average Bonchev–Trinajstić information content (AvgIpc) is 2.46. The molecule has 1 aliphatic heterocycles. The molecule has 1 rings (SSSR count). The number of rotatable bonds is 4. The molecule has 5 unspecified atom stereocenters. The topological polar surface area (TPSA) is 133 Å². The zero-order valence-corrected chi connectivity index (χ0v) is 13.0. The lowest BCUT2D eigenvalue weighted by Gasteiger charge is -2.34. The third-order valence-corrected chi connectivity index (χ3v) is 2.47. The normalized spacial score (nSPS) is 27.1. The van der Waals surface area contributed by atoms with Gasteiger partial charge in [0.2, 0.25) is 0 Å². The maximum Gasteiger partial charge on any atom is 0.148 e. The summed E-state index contributed by atoms with van der Waals surface area (Å²) in [5.41, 5.74) is 5.58. The van der Waals surface area contributed by atoms with E-state index in [1.165, 1.54) is 0 Å². The van der Waals surface area contributed by atoms with Gasteiger partial charge in [0, 0.05) is 12.8 Å². The van der Waals surface area contributed by atoms with Gasteiger partial charge in [0.05, 0.1) is 18.8 Å². The minimum atomic E-state index is -1.33. The summed E-state index contributed by atoms with van der Waals surface area (Å²) in [7, 11) is 0. The third kappa shape index (κ3) is 10.4. The molecule has 7 heteroatoms. The van der Waals surface area contributed by atoms with Crippen LogP contribution < -0.4 is 5.73 Å². The van der Waals surface area contributed by atoms with Gasteiger partial charge < -0.3 is 35.7 Å². The van der Waals surface area contributed by atoms with E-state index in [-0.39, 0.29) is 12.8 Å². The van der Waals surface area contributed by atoms with E-state index in [9.17, 15) is 20.1 Å². The van der Waals surface area contributed by atoms with E-state index in [2.05, 4.69) is 6.58 Å². The second-order valence-electron chi connectivity index (χ2n) is 4.56. The Hall–Kier alpha value is -0.990. The zero-order chi connectivity index (χ0) is 17.0. The molecule has 0 amide bonds. The standard InChI is InChI=1S/C9H16O6.C3H7N.C2H6/c10-3-6-1-5(12)2-8(15-6)9(14)7(13)4-11;1-3(2)4;1-2/h3,5-9,11-14H,1-2,4H2;1,4H2,2H3;1-2H3. The fourth-order valence-corrected chi connectivity index (χ4v) is 1.63. The van der Waals surface area contributed by atoms with E-state index in [1.807, 2.05) is 13.8 Å². The van der Waals surface area contributed by atoms with Crippen molar-refractivity contribution in [3.8, 4) is 0 Å². The molecular weight excluding hydrogens is 278 g/mol. The SMILES string of the molecule is C=C(C)N.CC.O=CC1CC(O)CC(C(O)C(O)CO)O1. The van der Waals surface area contributed by atoms with E-state index in [0.29, 0.717) is 12.0 Å². The molecule has 0 aliphatic carbocycles. The van der Waals surface area contributed by atoms with Crippen molar-refractivity contribution in [1.29, 1.82) is 0 Å². The highest BCUT2D eigenvalue weighted by atomic mass is 16.5. The number of carbonyl (C=O) groups excluding carboxylic acids is 1. The minimum absolute atomic E-state index is 0.141. The van der Waals surface area contributed by atoms with Crippen LogP contribution in [0.2, 0.25) is 0 Å². The van der Waals surface area contributed by atoms with Crippen LogP contribution in [0.1, 0.15) is 33.6 Å². The Labute approximate surface area is 126 Å². The van der Waals surface area contributed by atoms with Gasteiger partial charge in [0.15, 0.2) is 0 Å². The maximum atomic E-state index is 10.5. The van der Waals surface area contributed by atoms with Crippen LogP contribution in [0.3, 0.4) is 0 Å². The number of nitrogens with two attached hydrogens (primary N) is 1. The Morgan fingerprint density at radius 3 is 2.29 bits per heavy atom. The molecule has 7 nitrogen and oxygen atoms in total. The molecule has 126 valence electrons. The van der Waals surface area contributed by atoms with Crippen molar-refractivity contribution >= 4 is 6.29 Å². The molecule has 1 aliphatic rings. The van der Waals surface area contributed by atoms with Crippen molar-refractivity contribution in [3.63, 3.8) is 0 Å². The van der Waals surface area contributed by atoms with E-state index in [4.69, 9.17) is 15.6 Å². The van der Waals surface area contributed by atoms with Crippen LogP contribution in [0, 0.1) is 0 Å². The van der Waals surface area contributed by atoms with Gasteiger partial charge in [-0.05, 0) is 12.6 Å². The molecule has 6 N–H and O–H groups in total. The van der Waals surface area contributed by atoms with Crippen LogP contribution in [-0.2, 0) is 9.53 Å². The highest BCUT2D eigenvalue weighted by Crippen LogP contribution is 2.22. The smallest absolute Gasteiger partial charge is 0.148 e. The number of allylic oxidation sites excluding steroid dienone is 1. The third-order valence-electron chi connectivity index (χ3n) is 2.47. The maximum absolute atomic E-state index is 10.5. The Morgan fingerprint density at radius 1 is 1.43 bits per heavy atom. The molecule has 5 atom stereocenters. The molecule has 1 fully saturated rings. The van der Waals surface area contributed by atoms with Crippen molar-refractivity contribution in [2.45, 2.75) is 64.1 Å². The van der Waals surface area contributed by atoms with Gasteiger partial charge in [-0.3, -0.25) is 0 Å². The van der Waals surface area contributed by atoms with Gasteiger partial charge in [-0.15, -0.1) is 0 Å². The lowest BCUT2D eigenvalue weighted by molar-refractivity contribution is -0.167. The highest BCUT2D eigenvalue weighted by molar-refractivity contribution is 5.56. The Kier molecular flexibility index (Phi) is 13.5. The second kappa shape index (κ2) is 12.7. The zero-order valence-electron chi connectivity index (χ0n) is 13.0. The van der Waals surface area contributed by atoms with Crippen molar-refractivity contribution in [2.75, 3.05) is 6.61 Å². The molecule has 0 aromatic rings. The summed E-state index contributed by atoms with van der Waals surface area (Å²) in [5, 5.41) is 36.7. The second-order valence-corrected chi connectivity index (χ2v) is 4.56. The first kappa shape index (κ1) is 22.3. The number of hydrogen-bond acceptors (Lipinski definition) is 7. The van der Waals surface area contributed by atoms with E-state index >= 15 is 0 Å². The number of aliphatic hydroxyl groups excluding tert-OH is 4. The number of hydrogen-bond donors (Lipinski definition) is 5. The number of ether oxygens (including phenoxy) is 1. The Bertz CT molecular complexity index is 283. The fraction of sp³-hybridized carbons (Fsp3) is 0.786. The van der Waals surface area contributed by atoms with E-state index < -0.39 is 37.1 Å². The van der Waals surface area contributed by atoms with Gasteiger partial charge in [0.25, 0.3) is 0 Å². The Morgan fingerprint density at radius 2 is 1.90 bits per heavy atom. The lowest BCUT2D eigenvalue weighted by Crippen LogP contribution is -2.48. The van der Waals surface area contributed by atoms with Crippen molar-refractivity contribution in [1.82, 2.24) is 0 Å². The first-order valence-corrected chi connectivity index (χ1v) is 6.98. The summed E-state index contributed by atoms with van der Waals surface area (Å²) >= 11 is 0. The molecule has 1 saturated heterocycles. The van der Waals surface area contributed by atoms with E-state index in [1.54, 1.807) is 6.92 Å². The number of aliphatic hydroxyl groups is 4. The van der Waals surface area contributed by atoms with Gasteiger partial charge in [-0.1, -0.05) is 20.4 Å². The predicted octanol–water partition coefficient (Wildman–Crippen LogP) is -0.687. The van der Waals surface area contributed by atoms with Crippen LogP contribution in [0.15, 0.2) is 12.3 Å². The summed E-state index contributed by atoms with van der Waals surface area (Å²) < 4.78 is 5.14. The summed E-state index contributed by atoms with van der Waals surface area (Å²) in [6.07, 6.45) is -4.07. The van der Waals surface area contributed by atoms with Crippen molar-refractivity contribution in [2.24, 2.45) is 5.73 Å². The van der Waals surface area contributed by atoms with Crippen molar-refractivity contribution in [3.05, 3.63) is 12.3 Å². The Balaban J connectivity index is 0. The summed E-state index contributed by atoms with van der Waals surface area (Å²) in [5.74, 6) is 0.